The monoisotopic (exact) mass is 238 g/mol. The van der Waals surface area contributed by atoms with Crippen LogP contribution in [0.1, 0.15) is 0 Å². The first-order valence-corrected chi connectivity index (χ1v) is 5.06. The van der Waals surface area contributed by atoms with Crippen LogP contribution in [-0.4, -0.2) is 20.8 Å². The minimum Gasteiger partial charge on any atom is -0.395 e. The molecule has 1 heterocycles. The van der Waals surface area contributed by atoms with E-state index in [-0.39, 0.29) is 18.5 Å². The second-order valence-corrected chi connectivity index (χ2v) is 3.68. The van der Waals surface area contributed by atoms with E-state index >= 15 is 0 Å². The summed E-state index contributed by atoms with van der Waals surface area (Å²) in [7, 11) is 1.50. The number of aryl methyl sites for hydroxylation is 1. The molecule has 2 aromatic rings. The molecule has 1 aromatic carbocycles. The van der Waals surface area contributed by atoms with Crippen LogP contribution in [0.25, 0.3) is 10.9 Å². The molecule has 5 nitrogen and oxygen atoms in total. The van der Waals surface area contributed by atoms with Gasteiger partial charge in [0.2, 0.25) is 0 Å². The van der Waals surface area contributed by atoms with Crippen molar-refractivity contribution in [2.45, 2.75) is 6.54 Å². The quantitative estimate of drug-likeness (QED) is 0.790. The smallest absolute Gasteiger partial charge is 0.331 e. The van der Waals surface area contributed by atoms with Crippen LogP contribution in [-0.2, 0) is 13.6 Å². The summed E-state index contributed by atoms with van der Waals surface area (Å²) in [6.45, 7) is -0.423. The van der Waals surface area contributed by atoms with Crippen LogP contribution >= 0.6 is 0 Å². The van der Waals surface area contributed by atoms with Gasteiger partial charge < -0.3 is 5.11 Å². The lowest BCUT2D eigenvalue weighted by Crippen LogP contribution is -2.39. The van der Waals surface area contributed by atoms with Crippen molar-refractivity contribution >= 4 is 10.9 Å². The predicted molar refractivity (Wildman–Crippen MR) is 60.5 cm³/mol. The number of halogens is 1. The van der Waals surface area contributed by atoms with Crippen molar-refractivity contribution < 1.29 is 9.50 Å². The minimum atomic E-state index is -0.586. The lowest BCUT2D eigenvalue weighted by molar-refractivity contribution is 0.271. The Kier molecular flexibility index (Phi) is 2.81. The number of rotatable bonds is 2. The largest absolute Gasteiger partial charge is 0.395 e. The first-order valence-electron chi connectivity index (χ1n) is 5.06. The highest BCUT2D eigenvalue weighted by Crippen LogP contribution is 2.09. The molecule has 90 valence electrons. The Morgan fingerprint density at radius 2 is 2.06 bits per heavy atom. The summed E-state index contributed by atoms with van der Waals surface area (Å²) in [5, 5.41) is 8.93. The zero-order valence-electron chi connectivity index (χ0n) is 9.18. The Morgan fingerprint density at radius 3 is 2.71 bits per heavy atom. The first-order chi connectivity index (χ1) is 8.06. The van der Waals surface area contributed by atoms with Gasteiger partial charge in [-0.05, 0) is 18.2 Å². The summed E-state index contributed by atoms with van der Waals surface area (Å²) in [6.07, 6.45) is 0. The van der Waals surface area contributed by atoms with E-state index < -0.39 is 17.1 Å². The lowest BCUT2D eigenvalue weighted by atomic mass is 10.2. The van der Waals surface area contributed by atoms with E-state index in [4.69, 9.17) is 5.11 Å². The maximum Gasteiger partial charge on any atom is 0.331 e. The molecule has 2 rings (SSSR count). The first kappa shape index (κ1) is 11.5. The van der Waals surface area contributed by atoms with Crippen molar-refractivity contribution in [2.24, 2.45) is 7.05 Å². The highest BCUT2D eigenvalue weighted by molar-refractivity contribution is 5.77. The molecular formula is C11H11FN2O3. The van der Waals surface area contributed by atoms with E-state index in [1.54, 1.807) is 0 Å². The van der Waals surface area contributed by atoms with Gasteiger partial charge in [-0.25, -0.2) is 9.18 Å². The summed E-state index contributed by atoms with van der Waals surface area (Å²) in [5.74, 6) is -0.538. The molecule has 1 aromatic heterocycles. The molecule has 17 heavy (non-hydrogen) atoms. The third-order valence-corrected chi connectivity index (χ3v) is 2.64. The zero-order chi connectivity index (χ0) is 12.6. The maximum absolute atomic E-state index is 13.1. The fourth-order valence-corrected chi connectivity index (χ4v) is 1.79. The van der Waals surface area contributed by atoms with Crippen molar-refractivity contribution in [3.63, 3.8) is 0 Å². The standard InChI is InChI=1S/C11H11FN2O3/c1-13-9-3-2-7(12)6-8(9)10(16)14(4-5-15)11(13)17/h2-3,6,15H,4-5H2,1H3. The molecule has 0 atom stereocenters. The Bertz CT molecular complexity index is 687. The van der Waals surface area contributed by atoms with E-state index in [0.717, 1.165) is 10.6 Å². The molecule has 1 N–H and O–H groups in total. The molecule has 0 bridgehead atoms. The van der Waals surface area contributed by atoms with Gasteiger partial charge in [0.15, 0.2) is 0 Å². The number of benzene rings is 1. The number of aliphatic hydroxyl groups is 1. The van der Waals surface area contributed by atoms with E-state index in [2.05, 4.69) is 0 Å². The number of hydrogen-bond donors (Lipinski definition) is 1. The van der Waals surface area contributed by atoms with E-state index in [1.807, 2.05) is 0 Å². The van der Waals surface area contributed by atoms with Crippen molar-refractivity contribution in [2.75, 3.05) is 6.61 Å². The molecule has 0 saturated heterocycles. The molecule has 0 spiro atoms. The average Bonchev–Trinajstić information content (AvgIpc) is 2.32. The normalized spacial score (nSPS) is 11.0. The summed E-state index contributed by atoms with van der Waals surface area (Å²) in [4.78, 5) is 23.7. The molecule has 6 heteroatoms. The van der Waals surface area contributed by atoms with Crippen LogP contribution in [0.5, 0.6) is 0 Å². The topological polar surface area (TPSA) is 64.2 Å². The van der Waals surface area contributed by atoms with Gasteiger partial charge in [-0.15, -0.1) is 0 Å². The van der Waals surface area contributed by atoms with Gasteiger partial charge in [0.05, 0.1) is 24.1 Å². The van der Waals surface area contributed by atoms with Gasteiger partial charge in [0, 0.05) is 7.05 Å². The Hall–Kier alpha value is -1.95. The number of hydrogen-bond acceptors (Lipinski definition) is 3. The maximum atomic E-state index is 13.1. The minimum absolute atomic E-state index is 0.0992. The molecule has 0 radical (unpaired) electrons. The van der Waals surface area contributed by atoms with Gasteiger partial charge in [-0.3, -0.25) is 13.9 Å². The lowest BCUT2D eigenvalue weighted by Gasteiger charge is -2.09. The highest BCUT2D eigenvalue weighted by Gasteiger charge is 2.10. The third-order valence-electron chi connectivity index (χ3n) is 2.64. The van der Waals surface area contributed by atoms with Gasteiger partial charge in [-0.1, -0.05) is 0 Å². The molecule has 0 aliphatic carbocycles. The summed E-state index contributed by atoms with van der Waals surface area (Å²) >= 11 is 0. The van der Waals surface area contributed by atoms with Crippen molar-refractivity contribution in [1.82, 2.24) is 9.13 Å². The van der Waals surface area contributed by atoms with Crippen LogP contribution in [0, 0.1) is 5.82 Å². The van der Waals surface area contributed by atoms with Crippen molar-refractivity contribution in [1.29, 1.82) is 0 Å². The van der Waals surface area contributed by atoms with Gasteiger partial charge >= 0.3 is 5.69 Å². The zero-order valence-corrected chi connectivity index (χ0v) is 9.18. The second kappa shape index (κ2) is 4.14. The Morgan fingerprint density at radius 1 is 1.35 bits per heavy atom. The van der Waals surface area contributed by atoms with Crippen molar-refractivity contribution in [3.8, 4) is 0 Å². The van der Waals surface area contributed by atoms with E-state index in [0.29, 0.717) is 5.52 Å². The predicted octanol–water partition coefficient (Wildman–Crippen LogP) is -0.168. The molecule has 0 aliphatic rings. The molecule has 0 amide bonds. The Balaban J connectivity index is 2.96. The molecular weight excluding hydrogens is 227 g/mol. The van der Waals surface area contributed by atoms with Crippen LogP contribution in [0.2, 0.25) is 0 Å². The Labute approximate surface area is 95.3 Å². The molecule has 0 aliphatic heterocycles. The number of nitrogens with zero attached hydrogens (tertiary/aromatic N) is 2. The van der Waals surface area contributed by atoms with Gasteiger partial charge in [-0.2, -0.15) is 0 Å². The van der Waals surface area contributed by atoms with E-state index in [1.165, 1.54) is 23.7 Å². The van der Waals surface area contributed by atoms with Gasteiger partial charge in [0.25, 0.3) is 5.56 Å². The summed E-state index contributed by atoms with van der Waals surface area (Å²) < 4.78 is 15.2. The molecule has 0 saturated carbocycles. The molecule has 0 fully saturated rings. The summed E-state index contributed by atoms with van der Waals surface area (Å²) in [5.41, 5.74) is -0.740. The van der Waals surface area contributed by atoms with Crippen LogP contribution in [0.15, 0.2) is 27.8 Å². The van der Waals surface area contributed by atoms with Crippen LogP contribution in [0.3, 0.4) is 0 Å². The number of aromatic nitrogens is 2. The van der Waals surface area contributed by atoms with Crippen LogP contribution < -0.4 is 11.2 Å². The number of aliphatic hydroxyl groups excluding tert-OH is 1. The summed E-state index contributed by atoms with van der Waals surface area (Å²) in [6, 6.07) is 3.67. The average molecular weight is 238 g/mol. The molecule has 0 unspecified atom stereocenters. The fourth-order valence-electron chi connectivity index (χ4n) is 1.79. The van der Waals surface area contributed by atoms with Crippen molar-refractivity contribution in [3.05, 3.63) is 44.9 Å². The second-order valence-electron chi connectivity index (χ2n) is 3.68. The fraction of sp³-hybridized carbons (Fsp3) is 0.273. The SMILES string of the molecule is Cn1c(=O)n(CCO)c(=O)c2cc(F)ccc21. The van der Waals surface area contributed by atoms with Gasteiger partial charge in [0.1, 0.15) is 5.82 Å². The number of fused-ring (bicyclic) bond motifs is 1. The van der Waals surface area contributed by atoms with E-state index in [9.17, 15) is 14.0 Å². The third kappa shape index (κ3) is 1.76. The highest BCUT2D eigenvalue weighted by atomic mass is 19.1. The van der Waals surface area contributed by atoms with Crippen LogP contribution in [0.4, 0.5) is 4.39 Å².